The van der Waals surface area contributed by atoms with E-state index in [2.05, 4.69) is 9.72 Å². The molecule has 5 nitrogen and oxygen atoms in total. The number of ether oxygens (including phenoxy) is 1. The second-order valence-corrected chi connectivity index (χ2v) is 4.89. The first-order valence-electron chi connectivity index (χ1n) is 5.04. The average molecular weight is 280 g/mol. The predicted molar refractivity (Wildman–Crippen MR) is 71.3 cm³/mol. The number of esters is 1. The van der Waals surface area contributed by atoms with E-state index in [9.17, 15) is 4.79 Å². The molecule has 1 rings (SSSR count). The van der Waals surface area contributed by atoms with Crippen LogP contribution in [-0.2, 0) is 16.1 Å². The number of hydrogen-bond acceptors (Lipinski definition) is 6. The van der Waals surface area contributed by atoms with Crippen LogP contribution in [0.25, 0.3) is 0 Å². The summed E-state index contributed by atoms with van der Waals surface area (Å²) in [7, 11) is 1.39. The monoisotopic (exact) mass is 279 g/mol. The van der Waals surface area contributed by atoms with E-state index in [1.54, 1.807) is 6.20 Å². The number of nitrogen functional groups attached to an aromatic ring is 1. The number of methoxy groups -OCH3 is 1. The van der Waals surface area contributed by atoms with Gasteiger partial charge < -0.3 is 10.5 Å². The normalized spacial score (nSPS) is 10.4. The van der Waals surface area contributed by atoms with Crippen LogP contribution in [0.2, 0.25) is 0 Å². The highest BCUT2D eigenvalue weighted by atomic mass is 35.5. The summed E-state index contributed by atoms with van der Waals surface area (Å²) in [6.07, 6.45) is 1.74. The van der Waals surface area contributed by atoms with Crippen LogP contribution in [-0.4, -0.2) is 35.5 Å². The Morgan fingerprint density at radius 3 is 2.71 bits per heavy atom. The molecule has 0 fully saturated rings. The summed E-state index contributed by atoms with van der Waals surface area (Å²) in [6, 6.07) is 0.266. The van der Waals surface area contributed by atoms with Crippen molar-refractivity contribution in [1.82, 2.24) is 9.88 Å². The number of carbonyl (C=O) groups excluding carboxylic acids is 1. The number of anilines is 1. The van der Waals surface area contributed by atoms with Crippen LogP contribution in [0.4, 0.5) is 5.13 Å². The summed E-state index contributed by atoms with van der Waals surface area (Å²) in [6.45, 7) is 5.02. The molecule has 2 N–H and O–H groups in total. The molecule has 1 aromatic heterocycles. The zero-order chi connectivity index (χ0) is 12.1. The molecule has 0 aliphatic rings. The standard InChI is InChI=1S/C10H17N3O2S.ClH/c1-7(2)13(6-9(14)15-3)5-8-4-12-10(11)16-8;/h4,7H,5-6H2,1-3H3,(H2,11,12);1H. The Hall–Kier alpha value is -0.850. The number of hydrogen-bond donors (Lipinski definition) is 1. The first kappa shape index (κ1) is 16.1. The molecule has 1 aromatic rings. The van der Waals surface area contributed by atoms with Crippen molar-refractivity contribution in [3.63, 3.8) is 0 Å². The summed E-state index contributed by atoms with van der Waals surface area (Å²) in [5, 5.41) is 0.553. The molecule has 0 saturated heterocycles. The third-order valence-electron chi connectivity index (χ3n) is 2.22. The largest absolute Gasteiger partial charge is 0.468 e. The number of carbonyl (C=O) groups is 1. The van der Waals surface area contributed by atoms with Crippen molar-refractivity contribution in [3.05, 3.63) is 11.1 Å². The third kappa shape index (κ3) is 5.34. The number of rotatable bonds is 5. The van der Waals surface area contributed by atoms with E-state index in [4.69, 9.17) is 5.73 Å². The van der Waals surface area contributed by atoms with Crippen LogP contribution in [0.5, 0.6) is 0 Å². The van der Waals surface area contributed by atoms with Crippen LogP contribution < -0.4 is 5.73 Å². The Labute approximate surface area is 111 Å². The van der Waals surface area contributed by atoms with Crippen molar-refractivity contribution < 1.29 is 9.53 Å². The number of thiazole rings is 1. The molecule has 0 radical (unpaired) electrons. The maximum absolute atomic E-state index is 11.2. The molecule has 0 bridgehead atoms. The summed E-state index contributed by atoms with van der Waals surface area (Å²) < 4.78 is 4.66. The lowest BCUT2D eigenvalue weighted by atomic mass is 10.3. The summed E-state index contributed by atoms with van der Waals surface area (Å²) in [4.78, 5) is 18.3. The van der Waals surface area contributed by atoms with Gasteiger partial charge in [0.1, 0.15) is 0 Å². The third-order valence-corrected chi connectivity index (χ3v) is 3.03. The van der Waals surface area contributed by atoms with Crippen molar-refractivity contribution in [2.75, 3.05) is 19.4 Å². The molecular formula is C10H18ClN3O2S. The number of halogens is 1. The van der Waals surface area contributed by atoms with E-state index in [0.29, 0.717) is 11.7 Å². The van der Waals surface area contributed by atoms with Crippen LogP contribution in [0, 0.1) is 0 Å². The fourth-order valence-electron chi connectivity index (χ4n) is 1.25. The maximum atomic E-state index is 11.2. The minimum atomic E-state index is -0.230. The molecule has 1 heterocycles. The summed E-state index contributed by atoms with van der Waals surface area (Å²) in [5.41, 5.74) is 5.56. The Morgan fingerprint density at radius 2 is 2.29 bits per heavy atom. The fraction of sp³-hybridized carbons (Fsp3) is 0.600. The van der Waals surface area contributed by atoms with Gasteiger partial charge in [0.15, 0.2) is 5.13 Å². The van der Waals surface area contributed by atoms with Gasteiger partial charge in [0.25, 0.3) is 0 Å². The minimum Gasteiger partial charge on any atom is -0.468 e. The SMILES string of the molecule is COC(=O)CN(Cc1cnc(N)s1)C(C)C.Cl. The first-order valence-corrected chi connectivity index (χ1v) is 5.85. The van der Waals surface area contributed by atoms with Crippen molar-refractivity contribution in [1.29, 1.82) is 0 Å². The molecule has 17 heavy (non-hydrogen) atoms. The molecule has 0 aliphatic carbocycles. The topological polar surface area (TPSA) is 68.5 Å². The molecule has 0 atom stereocenters. The van der Waals surface area contributed by atoms with Crippen molar-refractivity contribution in [3.8, 4) is 0 Å². The van der Waals surface area contributed by atoms with E-state index >= 15 is 0 Å². The zero-order valence-electron chi connectivity index (χ0n) is 10.2. The summed E-state index contributed by atoms with van der Waals surface area (Å²) in [5.74, 6) is -0.230. The quantitative estimate of drug-likeness (QED) is 0.828. The molecule has 0 unspecified atom stereocenters. The smallest absolute Gasteiger partial charge is 0.319 e. The molecule has 0 saturated carbocycles. The van der Waals surface area contributed by atoms with Gasteiger partial charge in [-0.05, 0) is 13.8 Å². The van der Waals surface area contributed by atoms with Gasteiger partial charge >= 0.3 is 5.97 Å². The van der Waals surface area contributed by atoms with E-state index in [-0.39, 0.29) is 31.0 Å². The molecule has 0 aliphatic heterocycles. The molecule has 0 aromatic carbocycles. The molecule has 0 spiro atoms. The fourth-order valence-corrected chi connectivity index (χ4v) is 1.96. The molecule has 7 heteroatoms. The lowest BCUT2D eigenvalue weighted by Gasteiger charge is -2.24. The minimum absolute atomic E-state index is 0. The number of nitrogens with two attached hydrogens (primary N) is 1. The van der Waals surface area contributed by atoms with Gasteiger partial charge in [-0.25, -0.2) is 4.98 Å². The molecular weight excluding hydrogens is 262 g/mol. The predicted octanol–water partition coefficient (Wildman–Crippen LogP) is 1.53. The zero-order valence-corrected chi connectivity index (χ0v) is 11.8. The van der Waals surface area contributed by atoms with Gasteiger partial charge in [-0.1, -0.05) is 0 Å². The van der Waals surface area contributed by atoms with E-state index in [1.807, 2.05) is 18.7 Å². The lowest BCUT2D eigenvalue weighted by Crippen LogP contribution is -2.35. The van der Waals surface area contributed by atoms with Crippen LogP contribution in [0.15, 0.2) is 6.20 Å². The summed E-state index contributed by atoms with van der Waals surface area (Å²) >= 11 is 1.44. The molecule has 98 valence electrons. The first-order chi connectivity index (χ1) is 7.52. The highest BCUT2D eigenvalue weighted by molar-refractivity contribution is 7.15. The van der Waals surface area contributed by atoms with Gasteiger partial charge in [0.05, 0.1) is 13.7 Å². The van der Waals surface area contributed by atoms with Gasteiger partial charge in [-0.3, -0.25) is 9.69 Å². The molecule has 0 amide bonds. The Morgan fingerprint density at radius 1 is 1.65 bits per heavy atom. The van der Waals surface area contributed by atoms with Crippen molar-refractivity contribution in [2.24, 2.45) is 0 Å². The van der Waals surface area contributed by atoms with Crippen LogP contribution >= 0.6 is 23.7 Å². The van der Waals surface area contributed by atoms with Gasteiger partial charge in [-0.2, -0.15) is 0 Å². The number of aromatic nitrogens is 1. The lowest BCUT2D eigenvalue weighted by molar-refractivity contribution is -0.142. The van der Waals surface area contributed by atoms with Crippen molar-refractivity contribution in [2.45, 2.75) is 26.4 Å². The van der Waals surface area contributed by atoms with Gasteiger partial charge in [0.2, 0.25) is 0 Å². The van der Waals surface area contributed by atoms with Crippen LogP contribution in [0.3, 0.4) is 0 Å². The van der Waals surface area contributed by atoms with Crippen LogP contribution in [0.1, 0.15) is 18.7 Å². The van der Waals surface area contributed by atoms with E-state index < -0.39 is 0 Å². The Bertz CT molecular complexity index is 357. The van der Waals surface area contributed by atoms with Gasteiger partial charge in [0, 0.05) is 23.7 Å². The Balaban J connectivity index is 0.00000256. The highest BCUT2D eigenvalue weighted by Crippen LogP contribution is 2.17. The number of nitrogens with zero attached hydrogens (tertiary/aromatic N) is 2. The van der Waals surface area contributed by atoms with E-state index in [0.717, 1.165) is 4.88 Å². The highest BCUT2D eigenvalue weighted by Gasteiger charge is 2.15. The second kappa shape index (κ2) is 7.47. The average Bonchev–Trinajstić information content (AvgIpc) is 2.62. The van der Waals surface area contributed by atoms with E-state index in [1.165, 1.54) is 18.4 Å². The maximum Gasteiger partial charge on any atom is 0.319 e. The van der Waals surface area contributed by atoms with Gasteiger partial charge in [-0.15, -0.1) is 23.7 Å². The second-order valence-electron chi connectivity index (χ2n) is 3.74. The Kier molecular flexibility index (Phi) is 7.10. The van der Waals surface area contributed by atoms with Crippen molar-refractivity contribution >= 4 is 34.8 Å².